The van der Waals surface area contributed by atoms with Crippen LogP contribution in [-0.4, -0.2) is 39.9 Å². The minimum Gasteiger partial charge on any atom is -0.481 e. The summed E-state index contributed by atoms with van der Waals surface area (Å²) >= 11 is 0. The molecule has 0 amide bonds. The largest absolute Gasteiger partial charge is 0.481 e. The molecule has 1 atom stereocenters. The Morgan fingerprint density at radius 1 is 0.760 bits per heavy atom. The van der Waals surface area contributed by atoms with Crippen LogP contribution in [0.5, 0.6) is 0 Å². The highest BCUT2D eigenvalue weighted by Crippen LogP contribution is 2.12. The highest BCUT2D eigenvalue weighted by Gasteiger charge is 2.07. The van der Waals surface area contributed by atoms with Crippen molar-refractivity contribution in [3.05, 3.63) is 0 Å². The van der Waals surface area contributed by atoms with Gasteiger partial charge in [-0.25, -0.2) is 0 Å². The first kappa shape index (κ1) is 26.1. The second kappa shape index (κ2) is 20.9. The minimum atomic E-state index is -1.18. The molecule has 0 aromatic rings. The van der Waals surface area contributed by atoms with Crippen molar-refractivity contribution in [2.75, 3.05) is 6.61 Å². The normalized spacial score (nSPS) is 11.5. The average molecular weight is 362 g/mol. The number of carboxylic acid groups (broad SMARTS) is 2. The molecule has 0 fully saturated rings. The summed E-state index contributed by atoms with van der Waals surface area (Å²) in [5, 5.41) is 24.4. The molecule has 6 nitrogen and oxygen atoms in total. The molecule has 5 N–H and O–H groups in total. The third-order valence-corrected chi connectivity index (χ3v) is 4.01. The summed E-state index contributed by atoms with van der Waals surface area (Å²) in [4.78, 5) is 19.9. The zero-order chi connectivity index (χ0) is 19.3. The van der Waals surface area contributed by atoms with E-state index in [4.69, 9.17) is 21.1 Å². The molecule has 0 aromatic heterocycles. The van der Waals surface area contributed by atoms with E-state index in [9.17, 15) is 9.59 Å². The summed E-state index contributed by atoms with van der Waals surface area (Å²) in [6.45, 7) is 1.76. The Morgan fingerprint density at radius 2 is 1.12 bits per heavy atom. The van der Waals surface area contributed by atoms with Gasteiger partial charge in [-0.2, -0.15) is 0 Å². The van der Waals surface area contributed by atoms with Gasteiger partial charge in [-0.1, -0.05) is 84.0 Å². The molecule has 150 valence electrons. The lowest BCUT2D eigenvalue weighted by molar-refractivity contribution is -0.139. The first-order valence-corrected chi connectivity index (χ1v) is 9.76. The maximum absolute atomic E-state index is 10.3. The maximum Gasteiger partial charge on any atom is 0.322 e. The number of carboxylic acids is 2. The molecule has 0 saturated carbocycles. The lowest BCUT2D eigenvalue weighted by atomic mass is 10.0. The van der Waals surface area contributed by atoms with Gasteiger partial charge in [0.1, 0.15) is 6.04 Å². The Morgan fingerprint density at radius 3 is 1.36 bits per heavy atom. The predicted molar refractivity (Wildman–Crippen MR) is 101 cm³/mol. The van der Waals surface area contributed by atoms with Crippen molar-refractivity contribution >= 4 is 11.9 Å². The summed E-state index contributed by atoms with van der Waals surface area (Å²) in [5.41, 5.74) is 4.77. The number of nitrogens with two attached hydrogens (primary N) is 1. The number of aliphatic hydroxyl groups excluding tert-OH is 1. The molecule has 0 spiro atoms. The van der Waals surface area contributed by atoms with Crippen LogP contribution < -0.4 is 5.73 Å². The van der Waals surface area contributed by atoms with Gasteiger partial charge in [0.25, 0.3) is 0 Å². The zero-order valence-electron chi connectivity index (χ0n) is 15.9. The van der Waals surface area contributed by atoms with Crippen LogP contribution in [0.3, 0.4) is 0 Å². The van der Waals surface area contributed by atoms with Crippen LogP contribution in [0.1, 0.15) is 96.8 Å². The molecule has 0 aliphatic heterocycles. The van der Waals surface area contributed by atoms with Crippen LogP contribution in [0, 0.1) is 0 Å². The van der Waals surface area contributed by atoms with E-state index in [1.165, 1.54) is 70.6 Å². The first-order valence-electron chi connectivity index (χ1n) is 9.76. The Kier molecular flexibility index (Phi) is 21.8. The van der Waals surface area contributed by atoms with Gasteiger partial charge in [0, 0.05) is 6.42 Å². The second-order valence-corrected chi connectivity index (χ2v) is 6.51. The Balaban J connectivity index is 0. The number of rotatable bonds is 16. The number of carbonyl (C=O) groups is 2. The quantitative estimate of drug-likeness (QED) is 0.309. The molecule has 0 aliphatic carbocycles. The SMILES string of the molecule is CCCCCCCCCCCCCCCC(=O)O.NC(CO)C(=O)O. The molecular formula is C19H39NO5. The highest BCUT2D eigenvalue weighted by atomic mass is 16.4. The number of aliphatic carboxylic acids is 2. The van der Waals surface area contributed by atoms with Crippen molar-refractivity contribution < 1.29 is 24.9 Å². The fourth-order valence-corrected chi connectivity index (χ4v) is 2.37. The number of unbranched alkanes of at least 4 members (excludes halogenated alkanes) is 12. The van der Waals surface area contributed by atoms with Gasteiger partial charge >= 0.3 is 11.9 Å². The van der Waals surface area contributed by atoms with Gasteiger partial charge in [-0.15, -0.1) is 0 Å². The highest BCUT2D eigenvalue weighted by molar-refractivity contribution is 5.73. The fraction of sp³-hybridized carbons (Fsp3) is 0.895. The molecule has 1 unspecified atom stereocenters. The smallest absolute Gasteiger partial charge is 0.322 e. The molecule has 0 radical (unpaired) electrons. The summed E-state index contributed by atoms with van der Waals surface area (Å²) in [5.74, 6) is -1.83. The van der Waals surface area contributed by atoms with Crippen molar-refractivity contribution in [2.45, 2.75) is 103 Å². The lowest BCUT2D eigenvalue weighted by Crippen LogP contribution is -2.33. The van der Waals surface area contributed by atoms with Gasteiger partial charge in [-0.05, 0) is 6.42 Å². The van der Waals surface area contributed by atoms with E-state index in [1.807, 2.05) is 0 Å². The Bertz CT molecular complexity index is 310. The van der Waals surface area contributed by atoms with Crippen LogP contribution in [-0.2, 0) is 9.59 Å². The van der Waals surface area contributed by atoms with E-state index >= 15 is 0 Å². The van der Waals surface area contributed by atoms with Crippen molar-refractivity contribution in [2.24, 2.45) is 5.73 Å². The van der Waals surface area contributed by atoms with Gasteiger partial charge < -0.3 is 21.1 Å². The molecule has 0 aliphatic rings. The monoisotopic (exact) mass is 361 g/mol. The molecule has 0 saturated heterocycles. The van der Waals surface area contributed by atoms with Crippen molar-refractivity contribution in [3.8, 4) is 0 Å². The van der Waals surface area contributed by atoms with Crippen LogP contribution in [0.25, 0.3) is 0 Å². The molecule has 0 rings (SSSR count). The van der Waals surface area contributed by atoms with Crippen molar-refractivity contribution in [1.29, 1.82) is 0 Å². The van der Waals surface area contributed by atoms with Gasteiger partial charge in [0.15, 0.2) is 0 Å². The van der Waals surface area contributed by atoms with Crippen LogP contribution in [0.2, 0.25) is 0 Å². The van der Waals surface area contributed by atoms with Gasteiger partial charge in [0.2, 0.25) is 0 Å². The second-order valence-electron chi connectivity index (χ2n) is 6.51. The van der Waals surface area contributed by atoms with E-state index < -0.39 is 24.6 Å². The molecule has 0 heterocycles. The third kappa shape index (κ3) is 25.2. The lowest BCUT2D eigenvalue weighted by Gasteiger charge is -2.02. The maximum atomic E-state index is 10.3. The minimum absolute atomic E-state index is 0.345. The number of hydrogen-bond acceptors (Lipinski definition) is 4. The van der Waals surface area contributed by atoms with E-state index in [0.717, 1.165) is 12.8 Å². The van der Waals surface area contributed by atoms with Crippen LogP contribution in [0.4, 0.5) is 0 Å². The van der Waals surface area contributed by atoms with E-state index in [2.05, 4.69) is 6.92 Å². The standard InChI is InChI=1S/C16H32O2.C3H7NO3/c1-2-3-4-5-6-7-8-9-10-11-12-13-14-15-16(17)18;4-2(1-5)3(6)7/h2-15H2,1H3,(H,17,18);2,5H,1,4H2,(H,6,7). The molecular weight excluding hydrogens is 322 g/mol. The summed E-state index contributed by atoms with van der Waals surface area (Å²) in [6, 6.07) is -1.13. The average Bonchev–Trinajstić information content (AvgIpc) is 2.58. The van der Waals surface area contributed by atoms with E-state index in [1.54, 1.807) is 0 Å². The fourth-order valence-electron chi connectivity index (χ4n) is 2.37. The third-order valence-electron chi connectivity index (χ3n) is 4.01. The van der Waals surface area contributed by atoms with E-state index in [-0.39, 0.29) is 0 Å². The number of hydrogen-bond donors (Lipinski definition) is 4. The topological polar surface area (TPSA) is 121 Å². The zero-order valence-corrected chi connectivity index (χ0v) is 15.9. The van der Waals surface area contributed by atoms with Gasteiger partial charge in [0.05, 0.1) is 6.61 Å². The number of aliphatic hydroxyl groups is 1. The summed E-state index contributed by atoms with van der Waals surface area (Å²) in [7, 11) is 0. The van der Waals surface area contributed by atoms with Crippen molar-refractivity contribution in [1.82, 2.24) is 0 Å². The van der Waals surface area contributed by atoms with Crippen molar-refractivity contribution in [3.63, 3.8) is 0 Å². The summed E-state index contributed by atoms with van der Waals surface area (Å²) in [6.07, 6.45) is 17.3. The van der Waals surface area contributed by atoms with E-state index in [0.29, 0.717) is 6.42 Å². The van der Waals surface area contributed by atoms with Gasteiger partial charge in [-0.3, -0.25) is 9.59 Å². The molecule has 0 aromatic carbocycles. The Hall–Kier alpha value is -1.14. The Labute approximate surface area is 152 Å². The van der Waals surface area contributed by atoms with Crippen LogP contribution in [0.15, 0.2) is 0 Å². The summed E-state index contributed by atoms with van der Waals surface area (Å²) < 4.78 is 0. The molecule has 0 bridgehead atoms. The molecule has 25 heavy (non-hydrogen) atoms. The van der Waals surface area contributed by atoms with Crippen LogP contribution >= 0.6 is 0 Å². The molecule has 6 heteroatoms. The first-order chi connectivity index (χ1) is 12.0. The predicted octanol–water partition coefficient (Wildman–Crippen LogP) is 3.94.